The van der Waals surface area contributed by atoms with Crippen molar-refractivity contribution in [2.75, 3.05) is 18.0 Å². The molecule has 0 amide bonds. The van der Waals surface area contributed by atoms with Crippen LogP contribution in [0.1, 0.15) is 31.4 Å². The fourth-order valence-electron chi connectivity index (χ4n) is 3.36. The van der Waals surface area contributed by atoms with Gasteiger partial charge in [-0.15, -0.1) is 0 Å². The van der Waals surface area contributed by atoms with Crippen molar-refractivity contribution in [3.05, 3.63) is 42.1 Å². The molecule has 1 saturated heterocycles. The highest BCUT2D eigenvalue weighted by Crippen LogP contribution is 2.29. The maximum atomic E-state index is 4.94. The molecule has 4 nitrogen and oxygen atoms in total. The normalized spacial score (nSPS) is 15.8. The molecule has 1 aromatic carbocycles. The van der Waals surface area contributed by atoms with Crippen LogP contribution in [0, 0.1) is 6.92 Å². The molecule has 3 aromatic rings. The zero-order valence-corrected chi connectivity index (χ0v) is 13.5. The van der Waals surface area contributed by atoms with E-state index in [1.54, 1.807) is 0 Å². The van der Waals surface area contributed by atoms with Gasteiger partial charge >= 0.3 is 0 Å². The summed E-state index contributed by atoms with van der Waals surface area (Å²) in [4.78, 5) is 15.5. The molecule has 0 bridgehead atoms. The zero-order valence-electron chi connectivity index (χ0n) is 13.5. The minimum atomic E-state index is 0.805. The molecular formula is C19H22N4. The van der Waals surface area contributed by atoms with Crippen LogP contribution in [0.15, 0.2) is 36.4 Å². The molecule has 23 heavy (non-hydrogen) atoms. The van der Waals surface area contributed by atoms with Gasteiger partial charge in [-0.1, -0.05) is 43.2 Å². The standard InChI is InChI=1S/C19H22N4/c1-14-13-16-18(20-14)21-17(15-9-5-4-6-10-15)22-19(16)23-11-7-2-3-8-12-23/h4-6,9-10,13H,2-3,7-8,11-12H2,1H3,(H,20,21,22). The Morgan fingerprint density at radius 3 is 2.43 bits per heavy atom. The lowest BCUT2D eigenvalue weighted by atomic mass is 10.2. The average Bonchev–Trinajstić information content (AvgIpc) is 2.78. The third-order valence-corrected chi connectivity index (χ3v) is 4.54. The monoisotopic (exact) mass is 306 g/mol. The number of aryl methyl sites for hydroxylation is 1. The summed E-state index contributed by atoms with van der Waals surface area (Å²) in [6.45, 7) is 4.26. The van der Waals surface area contributed by atoms with Gasteiger partial charge in [-0.3, -0.25) is 0 Å². The first-order valence-electron chi connectivity index (χ1n) is 8.49. The molecule has 118 valence electrons. The molecule has 1 N–H and O–H groups in total. The zero-order chi connectivity index (χ0) is 15.6. The van der Waals surface area contributed by atoms with Gasteiger partial charge in [-0.2, -0.15) is 0 Å². The molecule has 0 saturated carbocycles. The van der Waals surface area contributed by atoms with E-state index in [0.29, 0.717) is 0 Å². The van der Waals surface area contributed by atoms with Crippen molar-refractivity contribution in [3.8, 4) is 11.4 Å². The second-order valence-corrected chi connectivity index (χ2v) is 6.35. The quantitative estimate of drug-likeness (QED) is 0.767. The fourth-order valence-corrected chi connectivity index (χ4v) is 3.36. The summed E-state index contributed by atoms with van der Waals surface area (Å²) in [5.74, 6) is 1.89. The number of nitrogens with one attached hydrogen (secondary N) is 1. The Kier molecular flexibility index (Phi) is 3.74. The SMILES string of the molecule is Cc1cc2c(N3CCCCCC3)nc(-c3ccccc3)nc2[nH]1. The van der Waals surface area contributed by atoms with Crippen LogP contribution >= 0.6 is 0 Å². The highest BCUT2D eigenvalue weighted by atomic mass is 15.2. The van der Waals surface area contributed by atoms with Gasteiger partial charge in [0.05, 0.1) is 5.39 Å². The van der Waals surface area contributed by atoms with Gasteiger partial charge in [-0.25, -0.2) is 9.97 Å². The van der Waals surface area contributed by atoms with Gasteiger partial charge < -0.3 is 9.88 Å². The maximum Gasteiger partial charge on any atom is 0.163 e. The molecular weight excluding hydrogens is 284 g/mol. The van der Waals surface area contributed by atoms with Crippen molar-refractivity contribution >= 4 is 16.9 Å². The van der Waals surface area contributed by atoms with Crippen molar-refractivity contribution < 1.29 is 0 Å². The van der Waals surface area contributed by atoms with Crippen molar-refractivity contribution in [2.24, 2.45) is 0 Å². The Hall–Kier alpha value is -2.36. The van der Waals surface area contributed by atoms with Crippen LogP contribution in [-0.2, 0) is 0 Å². The largest absolute Gasteiger partial charge is 0.356 e. The first-order valence-corrected chi connectivity index (χ1v) is 8.49. The van der Waals surface area contributed by atoms with Crippen LogP contribution < -0.4 is 4.90 Å². The first kappa shape index (κ1) is 14.2. The number of hydrogen-bond acceptors (Lipinski definition) is 3. The Bertz CT molecular complexity index is 799. The van der Waals surface area contributed by atoms with Crippen molar-refractivity contribution in [1.82, 2.24) is 15.0 Å². The molecule has 0 spiro atoms. The van der Waals surface area contributed by atoms with Gasteiger partial charge in [-0.05, 0) is 25.8 Å². The number of nitrogens with zero attached hydrogens (tertiary/aromatic N) is 3. The van der Waals surface area contributed by atoms with Crippen LogP contribution in [0.4, 0.5) is 5.82 Å². The highest BCUT2D eigenvalue weighted by molar-refractivity contribution is 5.90. The van der Waals surface area contributed by atoms with E-state index in [1.165, 1.54) is 25.7 Å². The van der Waals surface area contributed by atoms with Gasteiger partial charge in [0.1, 0.15) is 11.5 Å². The number of aromatic nitrogens is 3. The summed E-state index contributed by atoms with van der Waals surface area (Å²) in [7, 11) is 0. The predicted molar refractivity (Wildman–Crippen MR) is 94.7 cm³/mol. The van der Waals surface area contributed by atoms with E-state index >= 15 is 0 Å². The topological polar surface area (TPSA) is 44.8 Å². The third-order valence-electron chi connectivity index (χ3n) is 4.54. The Morgan fingerprint density at radius 1 is 0.957 bits per heavy atom. The molecule has 3 heterocycles. The summed E-state index contributed by atoms with van der Waals surface area (Å²) in [5.41, 5.74) is 3.14. The molecule has 1 fully saturated rings. The van der Waals surface area contributed by atoms with Gasteiger partial charge in [0.2, 0.25) is 0 Å². The van der Waals surface area contributed by atoms with E-state index < -0.39 is 0 Å². The van der Waals surface area contributed by atoms with E-state index in [2.05, 4.69) is 35.0 Å². The van der Waals surface area contributed by atoms with Crippen LogP contribution in [0.2, 0.25) is 0 Å². The summed E-state index contributed by atoms with van der Waals surface area (Å²) < 4.78 is 0. The molecule has 1 aliphatic heterocycles. The van der Waals surface area contributed by atoms with Crippen molar-refractivity contribution in [3.63, 3.8) is 0 Å². The first-order chi connectivity index (χ1) is 11.3. The number of hydrogen-bond donors (Lipinski definition) is 1. The van der Waals surface area contributed by atoms with E-state index in [0.717, 1.165) is 47.0 Å². The highest BCUT2D eigenvalue weighted by Gasteiger charge is 2.18. The Morgan fingerprint density at radius 2 is 1.70 bits per heavy atom. The predicted octanol–water partition coefficient (Wildman–Crippen LogP) is 4.31. The molecule has 4 heteroatoms. The van der Waals surface area contributed by atoms with E-state index in [1.807, 2.05) is 18.2 Å². The molecule has 0 unspecified atom stereocenters. The maximum absolute atomic E-state index is 4.94. The molecule has 0 radical (unpaired) electrons. The lowest BCUT2D eigenvalue weighted by molar-refractivity contribution is 0.726. The van der Waals surface area contributed by atoms with E-state index in [-0.39, 0.29) is 0 Å². The lowest BCUT2D eigenvalue weighted by Crippen LogP contribution is -2.25. The van der Waals surface area contributed by atoms with Crippen LogP contribution in [0.5, 0.6) is 0 Å². The van der Waals surface area contributed by atoms with Crippen molar-refractivity contribution in [1.29, 1.82) is 0 Å². The molecule has 0 aliphatic carbocycles. The summed E-state index contributed by atoms with van der Waals surface area (Å²) in [6, 6.07) is 12.4. The molecule has 1 aliphatic rings. The Balaban J connectivity index is 1.86. The van der Waals surface area contributed by atoms with Gasteiger partial charge in [0.25, 0.3) is 0 Å². The summed E-state index contributed by atoms with van der Waals surface area (Å²) >= 11 is 0. The smallest absolute Gasteiger partial charge is 0.163 e. The minimum absolute atomic E-state index is 0.805. The van der Waals surface area contributed by atoms with Crippen LogP contribution in [0.25, 0.3) is 22.4 Å². The van der Waals surface area contributed by atoms with E-state index in [4.69, 9.17) is 9.97 Å². The lowest BCUT2D eigenvalue weighted by Gasteiger charge is -2.22. The molecule has 0 atom stereocenters. The second-order valence-electron chi connectivity index (χ2n) is 6.35. The fraction of sp³-hybridized carbons (Fsp3) is 0.368. The van der Waals surface area contributed by atoms with Crippen LogP contribution in [0.3, 0.4) is 0 Å². The molecule has 2 aromatic heterocycles. The number of H-pyrrole nitrogens is 1. The number of aromatic amines is 1. The minimum Gasteiger partial charge on any atom is -0.356 e. The summed E-state index contributed by atoms with van der Waals surface area (Å²) in [6.07, 6.45) is 5.13. The number of benzene rings is 1. The summed E-state index contributed by atoms with van der Waals surface area (Å²) in [5, 5.41) is 1.14. The second kappa shape index (κ2) is 6.03. The number of anilines is 1. The van der Waals surface area contributed by atoms with Crippen molar-refractivity contribution in [2.45, 2.75) is 32.6 Å². The van der Waals surface area contributed by atoms with Crippen LogP contribution in [-0.4, -0.2) is 28.0 Å². The van der Waals surface area contributed by atoms with E-state index in [9.17, 15) is 0 Å². The average molecular weight is 306 g/mol. The van der Waals surface area contributed by atoms with Gasteiger partial charge in [0.15, 0.2) is 5.82 Å². The molecule has 4 rings (SSSR count). The Labute approximate surface area is 136 Å². The van der Waals surface area contributed by atoms with Gasteiger partial charge in [0, 0.05) is 24.3 Å². The number of rotatable bonds is 2. The number of fused-ring (bicyclic) bond motifs is 1. The third kappa shape index (κ3) is 2.81.